The predicted octanol–water partition coefficient (Wildman–Crippen LogP) is 4.97. The molecule has 0 N–H and O–H groups in total. The van der Waals surface area contributed by atoms with E-state index in [2.05, 4.69) is 19.7 Å². The van der Waals surface area contributed by atoms with Gasteiger partial charge in [-0.25, -0.2) is 0 Å². The molecule has 0 saturated carbocycles. The molecule has 0 fully saturated rings. The molecule has 0 aromatic heterocycles. The highest BCUT2D eigenvalue weighted by Gasteiger charge is 2.39. The van der Waals surface area contributed by atoms with Crippen molar-refractivity contribution in [2.45, 2.75) is 55.0 Å². The summed E-state index contributed by atoms with van der Waals surface area (Å²) in [6, 6.07) is 0.663. The average Bonchev–Trinajstić information content (AvgIpc) is 2.86. The first-order valence-electron chi connectivity index (χ1n) is 12.5. The van der Waals surface area contributed by atoms with E-state index in [0.717, 1.165) is 0 Å². The van der Waals surface area contributed by atoms with Crippen LogP contribution in [-0.4, -0.2) is 91.0 Å². The van der Waals surface area contributed by atoms with Crippen LogP contribution < -0.4 is 0 Å². The van der Waals surface area contributed by atoms with Crippen LogP contribution in [0.25, 0.3) is 0 Å². The van der Waals surface area contributed by atoms with Crippen LogP contribution in [0.4, 0.5) is 0 Å². The van der Waals surface area contributed by atoms with Crippen molar-refractivity contribution in [2.24, 2.45) is 0 Å². The van der Waals surface area contributed by atoms with E-state index in [0.29, 0.717) is 78.7 Å². The Labute approximate surface area is 230 Å². The SMILES string of the molecule is C.C=COCCOC=C.C=COCCOCC[Si](OCC)(OCC)OCC.CCO[SiH](OCC)OCC. The van der Waals surface area contributed by atoms with Crippen LogP contribution in [0.3, 0.4) is 0 Å². The summed E-state index contributed by atoms with van der Waals surface area (Å²) < 4.78 is 52.6. The van der Waals surface area contributed by atoms with Crippen molar-refractivity contribution in [3.8, 4) is 0 Å². The third kappa shape index (κ3) is 32.7. The molecule has 0 atom stereocenters. The van der Waals surface area contributed by atoms with Crippen molar-refractivity contribution < 1.29 is 45.5 Å². The van der Waals surface area contributed by atoms with E-state index in [4.69, 9.17) is 45.5 Å². The molecule has 0 saturated heterocycles. The summed E-state index contributed by atoms with van der Waals surface area (Å²) in [6.45, 7) is 28.3. The third-order valence-electron chi connectivity index (χ3n) is 3.57. The monoisotopic (exact) mass is 572 g/mol. The van der Waals surface area contributed by atoms with Crippen LogP contribution in [0.1, 0.15) is 49.0 Å². The molecule has 0 unspecified atom stereocenters. The van der Waals surface area contributed by atoms with Crippen LogP contribution in [0.2, 0.25) is 6.04 Å². The minimum absolute atomic E-state index is 0. The summed E-state index contributed by atoms with van der Waals surface area (Å²) in [5.74, 6) is 0. The van der Waals surface area contributed by atoms with Gasteiger partial charge in [0.05, 0.1) is 32.0 Å². The molecule has 10 nitrogen and oxygen atoms in total. The zero-order valence-electron chi connectivity index (χ0n) is 23.5. The number of ether oxygens (including phenoxy) is 4. The lowest BCUT2D eigenvalue weighted by Gasteiger charge is -2.28. The summed E-state index contributed by atoms with van der Waals surface area (Å²) >= 11 is 0. The molecular formula is C25H56O10Si2. The summed E-state index contributed by atoms with van der Waals surface area (Å²) in [4.78, 5) is 0. The fraction of sp³-hybridized carbons (Fsp3) is 0.760. The third-order valence-corrected chi connectivity index (χ3v) is 8.39. The predicted molar refractivity (Wildman–Crippen MR) is 153 cm³/mol. The van der Waals surface area contributed by atoms with E-state index < -0.39 is 18.3 Å². The number of hydrogen-bond donors (Lipinski definition) is 0. The maximum Gasteiger partial charge on any atom is 0.503 e. The first kappa shape index (κ1) is 42.8. The van der Waals surface area contributed by atoms with Gasteiger partial charge in [0.1, 0.15) is 19.8 Å². The maximum atomic E-state index is 5.71. The second-order valence-corrected chi connectivity index (χ2v) is 10.4. The van der Waals surface area contributed by atoms with Crippen molar-refractivity contribution in [2.75, 3.05) is 72.7 Å². The largest absolute Gasteiger partial charge is 0.503 e. The number of rotatable bonds is 24. The molecule has 0 aromatic carbocycles. The standard InChI is InChI=1S/C12H26O5Si.C6H16O3Si.C6H10O2.CH4/c1-5-13-9-10-14-11-12-18(15-6-2,16-7-3)17-8-4;1-4-7-10(8-5-2)9-6-3;1-3-7-5-6-8-4-2;/h5H,1,6-12H2,2-4H3;10H,4-6H2,1-3H3;3-4H,1-2,5-6H2;1H4. The molecule has 0 aliphatic carbocycles. The molecule has 0 amide bonds. The summed E-state index contributed by atoms with van der Waals surface area (Å²) in [7, 11) is -4.28. The zero-order valence-corrected chi connectivity index (χ0v) is 25.7. The van der Waals surface area contributed by atoms with Crippen molar-refractivity contribution in [1.82, 2.24) is 0 Å². The van der Waals surface area contributed by atoms with Crippen molar-refractivity contribution in [1.29, 1.82) is 0 Å². The van der Waals surface area contributed by atoms with Crippen LogP contribution in [0, 0.1) is 0 Å². The Bertz CT molecular complexity index is 418. The average molecular weight is 573 g/mol. The molecule has 12 heteroatoms. The summed E-state index contributed by atoms with van der Waals surface area (Å²) in [6.07, 6.45) is 4.17. The zero-order chi connectivity index (χ0) is 27.8. The Balaban J connectivity index is -0.000000242. The molecule has 37 heavy (non-hydrogen) atoms. The van der Waals surface area contributed by atoms with Gasteiger partial charge in [-0.1, -0.05) is 27.2 Å². The molecule has 0 radical (unpaired) electrons. The molecule has 0 bridgehead atoms. The second kappa shape index (κ2) is 36.9. The molecule has 224 valence electrons. The highest BCUT2D eigenvalue weighted by atomic mass is 28.4. The van der Waals surface area contributed by atoms with E-state index in [1.54, 1.807) is 0 Å². The van der Waals surface area contributed by atoms with Gasteiger partial charge in [0.25, 0.3) is 0 Å². The smallest absolute Gasteiger partial charge is 0.499 e. The van der Waals surface area contributed by atoms with Crippen LogP contribution in [-0.2, 0) is 45.5 Å². The molecule has 0 aliphatic heterocycles. The van der Waals surface area contributed by atoms with E-state index in [-0.39, 0.29) is 7.43 Å². The van der Waals surface area contributed by atoms with E-state index in [9.17, 15) is 0 Å². The maximum absolute atomic E-state index is 5.71. The van der Waals surface area contributed by atoms with E-state index >= 15 is 0 Å². The number of hydrogen-bond acceptors (Lipinski definition) is 10. The topological polar surface area (TPSA) is 92.3 Å². The van der Waals surface area contributed by atoms with Gasteiger partial charge < -0.3 is 45.5 Å². The van der Waals surface area contributed by atoms with Gasteiger partial charge in [-0.15, -0.1) is 0 Å². The molecule has 0 aliphatic rings. The van der Waals surface area contributed by atoms with Crippen LogP contribution in [0.5, 0.6) is 0 Å². The van der Waals surface area contributed by atoms with Crippen molar-refractivity contribution in [3.05, 3.63) is 38.5 Å². The molecule has 0 aromatic rings. The second-order valence-electron chi connectivity index (χ2n) is 6.11. The molecule has 0 heterocycles. The van der Waals surface area contributed by atoms with E-state index in [1.807, 2.05) is 41.5 Å². The van der Waals surface area contributed by atoms with Crippen LogP contribution >= 0.6 is 0 Å². The lowest BCUT2D eigenvalue weighted by molar-refractivity contribution is 0.0500. The lowest BCUT2D eigenvalue weighted by Crippen LogP contribution is -2.46. The first-order chi connectivity index (χ1) is 17.5. The Hall–Kier alpha value is -1.23. The summed E-state index contributed by atoms with van der Waals surface area (Å²) in [5.41, 5.74) is 0. The van der Waals surface area contributed by atoms with Crippen molar-refractivity contribution in [3.63, 3.8) is 0 Å². The van der Waals surface area contributed by atoms with Gasteiger partial charge in [0.2, 0.25) is 0 Å². The van der Waals surface area contributed by atoms with Gasteiger partial charge in [0, 0.05) is 45.7 Å². The molecular weight excluding hydrogens is 516 g/mol. The first-order valence-corrected chi connectivity index (χ1v) is 15.9. The Morgan fingerprint density at radius 1 is 0.541 bits per heavy atom. The Kier molecular flexibility index (Phi) is 42.8. The normalized spacial score (nSPS) is 10.1. The summed E-state index contributed by atoms with van der Waals surface area (Å²) in [5, 5.41) is 0. The minimum atomic E-state index is -2.55. The van der Waals surface area contributed by atoms with Gasteiger partial charge in [-0.05, 0) is 41.5 Å². The molecule has 0 spiro atoms. The van der Waals surface area contributed by atoms with E-state index in [1.165, 1.54) is 18.8 Å². The fourth-order valence-corrected chi connectivity index (χ4v) is 5.81. The quantitative estimate of drug-likeness (QED) is 0.0897. The fourth-order valence-electron chi connectivity index (χ4n) is 2.31. The Morgan fingerprint density at radius 3 is 1.19 bits per heavy atom. The van der Waals surface area contributed by atoms with Crippen molar-refractivity contribution >= 4 is 18.3 Å². The van der Waals surface area contributed by atoms with Crippen LogP contribution in [0.15, 0.2) is 38.5 Å². The van der Waals surface area contributed by atoms with Gasteiger partial charge in [0.15, 0.2) is 0 Å². The Morgan fingerprint density at radius 2 is 0.892 bits per heavy atom. The highest BCUT2D eigenvalue weighted by Crippen LogP contribution is 2.15. The highest BCUT2D eigenvalue weighted by molar-refractivity contribution is 6.60. The lowest BCUT2D eigenvalue weighted by atomic mass is 10.7. The minimum Gasteiger partial charge on any atom is -0.499 e. The van der Waals surface area contributed by atoms with Gasteiger partial charge >= 0.3 is 18.3 Å². The molecule has 0 rings (SSSR count). The van der Waals surface area contributed by atoms with Gasteiger partial charge in [-0.3, -0.25) is 0 Å². The van der Waals surface area contributed by atoms with Gasteiger partial charge in [-0.2, -0.15) is 0 Å².